The Hall–Kier alpha value is -2.67. The number of fused-ring (bicyclic) bond motifs is 5. The molecule has 1 aromatic carbocycles. The summed E-state index contributed by atoms with van der Waals surface area (Å²) in [4.78, 5) is 35.9. The van der Waals surface area contributed by atoms with Crippen LogP contribution in [-0.2, 0) is 14.4 Å². The van der Waals surface area contributed by atoms with Crippen LogP contribution in [0.5, 0.6) is 5.75 Å². The largest absolute Gasteiger partial charge is 0.481 e. The number of hydrogen-bond donors (Lipinski definition) is 1. The van der Waals surface area contributed by atoms with Gasteiger partial charge < -0.3 is 9.84 Å². The van der Waals surface area contributed by atoms with E-state index in [-0.39, 0.29) is 41.2 Å². The standard InChI is InChI=1S/C18H15ClN2O5/c19-12-3-4-13(26-8-14(22)23)11(6-12)7-20-21-17(24)15-9-1-2-10(5-9)16(15)18(21)25/h1-4,6-7,9-10,15-16H,5,8H2,(H,22,23). The van der Waals surface area contributed by atoms with Crippen LogP contribution in [-0.4, -0.2) is 40.7 Å². The highest BCUT2D eigenvalue weighted by Crippen LogP contribution is 2.52. The molecule has 26 heavy (non-hydrogen) atoms. The Kier molecular flexibility index (Phi) is 4.03. The molecular weight excluding hydrogens is 360 g/mol. The number of amides is 2. The van der Waals surface area contributed by atoms with Crippen LogP contribution in [0.25, 0.3) is 0 Å². The van der Waals surface area contributed by atoms with E-state index in [4.69, 9.17) is 21.4 Å². The van der Waals surface area contributed by atoms with Gasteiger partial charge >= 0.3 is 5.97 Å². The first-order valence-corrected chi connectivity index (χ1v) is 8.58. The van der Waals surface area contributed by atoms with Crippen LogP contribution < -0.4 is 4.74 Å². The number of hydrogen-bond acceptors (Lipinski definition) is 5. The van der Waals surface area contributed by atoms with E-state index in [2.05, 4.69) is 5.10 Å². The fourth-order valence-electron chi connectivity index (χ4n) is 4.01. The molecule has 8 heteroatoms. The molecule has 4 atom stereocenters. The number of carbonyl (C=O) groups is 3. The van der Waals surface area contributed by atoms with Crippen molar-refractivity contribution in [3.8, 4) is 5.75 Å². The molecule has 134 valence electrons. The summed E-state index contributed by atoms with van der Waals surface area (Å²) in [5, 5.41) is 14.1. The molecule has 1 aromatic rings. The second-order valence-corrected chi connectivity index (χ2v) is 7.03. The quantitative estimate of drug-likeness (QED) is 0.482. The smallest absolute Gasteiger partial charge is 0.341 e. The SMILES string of the molecule is O=C(O)COc1ccc(Cl)cc1C=NN1C(=O)C2C3C=CC(C3)C2C1=O. The second kappa shape index (κ2) is 6.25. The number of imide groups is 1. The molecule has 2 aliphatic carbocycles. The van der Waals surface area contributed by atoms with Crippen LogP contribution in [0.1, 0.15) is 12.0 Å². The Morgan fingerprint density at radius 3 is 2.54 bits per heavy atom. The summed E-state index contributed by atoms with van der Waals surface area (Å²) in [7, 11) is 0. The minimum Gasteiger partial charge on any atom is -0.481 e. The summed E-state index contributed by atoms with van der Waals surface area (Å²) in [5.41, 5.74) is 0.387. The van der Waals surface area contributed by atoms with Gasteiger partial charge in [-0.25, -0.2) is 4.79 Å². The van der Waals surface area contributed by atoms with Gasteiger partial charge in [-0.15, -0.1) is 0 Å². The molecule has 0 radical (unpaired) electrons. The Morgan fingerprint density at radius 2 is 1.92 bits per heavy atom. The van der Waals surface area contributed by atoms with Crippen LogP contribution >= 0.6 is 11.6 Å². The van der Waals surface area contributed by atoms with Crippen molar-refractivity contribution >= 4 is 35.6 Å². The van der Waals surface area contributed by atoms with Gasteiger partial charge in [-0.05, 0) is 36.5 Å². The molecule has 4 rings (SSSR count). The van der Waals surface area contributed by atoms with Gasteiger partial charge in [-0.2, -0.15) is 10.1 Å². The first-order valence-electron chi connectivity index (χ1n) is 8.20. The average molecular weight is 375 g/mol. The van der Waals surface area contributed by atoms with Crippen molar-refractivity contribution in [1.82, 2.24) is 5.01 Å². The summed E-state index contributed by atoms with van der Waals surface area (Å²) < 4.78 is 5.19. The van der Waals surface area contributed by atoms with Crippen LogP contribution in [0, 0.1) is 23.7 Å². The van der Waals surface area contributed by atoms with Crippen LogP contribution in [0.2, 0.25) is 5.02 Å². The van der Waals surface area contributed by atoms with Gasteiger partial charge in [-0.1, -0.05) is 23.8 Å². The summed E-state index contributed by atoms with van der Waals surface area (Å²) in [5.74, 6) is -1.87. The number of carboxylic acids is 1. The van der Waals surface area contributed by atoms with Crippen molar-refractivity contribution in [3.05, 3.63) is 40.9 Å². The van der Waals surface area contributed by atoms with E-state index in [9.17, 15) is 14.4 Å². The number of nitrogens with zero attached hydrogens (tertiary/aromatic N) is 2. The average Bonchev–Trinajstić information content (AvgIpc) is 3.27. The zero-order chi connectivity index (χ0) is 18.4. The number of benzene rings is 1. The van der Waals surface area contributed by atoms with Gasteiger partial charge in [0.25, 0.3) is 11.8 Å². The first-order chi connectivity index (χ1) is 12.5. The van der Waals surface area contributed by atoms with Crippen LogP contribution in [0.15, 0.2) is 35.5 Å². The second-order valence-electron chi connectivity index (χ2n) is 6.60. The minimum atomic E-state index is -1.12. The van der Waals surface area contributed by atoms with Crippen molar-refractivity contribution in [2.45, 2.75) is 6.42 Å². The van der Waals surface area contributed by atoms with E-state index < -0.39 is 12.6 Å². The van der Waals surface area contributed by atoms with Crippen molar-refractivity contribution in [3.63, 3.8) is 0 Å². The fraction of sp³-hybridized carbons (Fsp3) is 0.333. The number of allylic oxidation sites excluding steroid dienone is 2. The third kappa shape index (κ3) is 2.68. The van der Waals surface area contributed by atoms with Crippen molar-refractivity contribution in [1.29, 1.82) is 0 Å². The molecule has 4 unspecified atom stereocenters. The highest BCUT2D eigenvalue weighted by molar-refractivity contribution is 6.31. The number of halogens is 1. The molecule has 0 spiro atoms. The molecule has 2 amide bonds. The van der Waals surface area contributed by atoms with Gasteiger partial charge in [0.1, 0.15) is 5.75 Å². The normalized spacial score (nSPS) is 29.0. The molecule has 1 saturated carbocycles. The monoisotopic (exact) mass is 374 g/mol. The summed E-state index contributed by atoms with van der Waals surface area (Å²) in [6, 6.07) is 4.59. The van der Waals surface area contributed by atoms with E-state index in [1.807, 2.05) is 12.2 Å². The highest BCUT2D eigenvalue weighted by Gasteiger charge is 2.59. The van der Waals surface area contributed by atoms with Gasteiger partial charge in [0.05, 0.1) is 18.1 Å². The van der Waals surface area contributed by atoms with Gasteiger partial charge in [-0.3, -0.25) is 9.59 Å². The lowest BCUT2D eigenvalue weighted by atomic mass is 9.85. The Morgan fingerprint density at radius 1 is 1.27 bits per heavy atom. The molecule has 1 N–H and O–H groups in total. The molecule has 1 heterocycles. The zero-order valence-electron chi connectivity index (χ0n) is 13.5. The van der Waals surface area contributed by atoms with Crippen LogP contribution in [0.3, 0.4) is 0 Å². The molecule has 2 fully saturated rings. The van der Waals surface area contributed by atoms with Gasteiger partial charge in [0.2, 0.25) is 0 Å². The van der Waals surface area contributed by atoms with Crippen molar-refractivity contribution in [2.24, 2.45) is 28.8 Å². The lowest BCUT2D eigenvalue weighted by Crippen LogP contribution is -2.28. The van der Waals surface area contributed by atoms with Gasteiger partial charge in [0.15, 0.2) is 6.61 Å². The zero-order valence-corrected chi connectivity index (χ0v) is 14.3. The Labute approximate surface area is 153 Å². The molecule has 3 aliphatic rings. The summed E-state index contributed by atoms with van der Waals surface area (Å²) >= 11 is 5.97. The maximum absolute atomic E-state index is 12.6. The molecule has 1 aliphatic heterocycles. The summed E-state index contributed by atoms with van der Waals surface area (Å²) in [6.07, 6.45) is 6.18. The predicted octanol–water partition coefficient (Wildman–Crippen LogP) is 1.94. The maximum atomic E-state index is 12.6. The highest BCUT2D eigenvalue weighted by atomic mass is 35.5. The molecule has 2 bridgehead atoms. The molecular formula is C18H15ClN2O5. The van der Waals surface area contributed by atoms with Crippen molar-refractivity contribution in [2.75, 3.05) is 6.61 Å². The number of carbonyl (C=O) groups excluding carboxylic acids is 2. The topological polar surface area (TPSA) is 96.3 Å². The molecule has 1 saturated heterocycles. The lowest BCUT2D eigenvalue weighted by Gasteiger charge is -2.13. The van der Waals surface area contributed by atoms with E-state index >= 15 is 0 Å². The summed E-state index contributed by atoms with van der Waals surface area (Å²) in [6.45, 7) is -0.525. The Balaban J connectivity index is 1.57. The first kappa shape index (κ1) is 16.8. The predicted molar refractivity (Wildman–Crippen MR) is 91.7 cm³/mol. The minimum absolute atomic E-state index is 0.113. The number of carboxylic acid groups (broad SMARTS) is 1. The fourth-order valence-corrected chi connectivity index (χ4v) is 4.19. The number of hydrazone groups is 1. The van der Waals surface area contributed by atoms with Crippen LogP contribution in [0.4, 0.5) is 0 Å². The molecule has 7 nitrogen and oxygen atoms in total. The lowest BCUT2D eigenvalue weighted by molar-refractivity contribution is -0.141. The Bertz CT molecular complexity index is 835. The van der Waals surface area contributed by atoms with Crippen molar-refractivity contribution < 1.29 is 24.2 Å². The van der Waals surface area contributed by atoms with Gasteiger partial charge in [0, 0.05) is 10.6 Å². The van der Waals surface area contributed by atoms with E-state index in [1.54, 1.807) is 6.07 Å². The third-order valence-corrected chi connectivity index (χ3v) is 5.32. The maximum Gasteiger partial charge on any atom is 0.341 e. The van der Waals surface area contributed by atoms with E-state index in [0.717, 1.165) is 11.4 Å². The number of aliphatic carboxylic acids is 1. The number of rotatable bonds is 5. The molecule has 0 aromatic heterocycles. The number of ether oxygens (including phenoxy) is 1. The van der Waals surface area contributed by atoms with E-state index in [1.165, 1.54) is 18.3 Å². The van der Waals surface area contributed by atoms with E-state index in [0.29, 0.717) is 10.6 Å². The third-order valence-electron chi connectivity index (χ3n) is 5.08.